The van der Waals surface area contributed by atoms with Crippen molar-refractivity contribution in [2.24, 2.45) is 5.92 Å². The number of nitrogens with one attached hydrogen (secondary N) is 1. The molecule has 1 heterocycles. The van der Waals surface area contributed by atoms with E-state index in [1.54, 1.807) is 6.92 Å². The Bertz CT molecular complexity index is 1070. The molecular formula is C27H28ClFN2O. The number of aryl methyl sites for hydroxylation is 1. The van der Waals surface area contributed by atoms with Crippen molar-refractivity contribution in [3.8, 4) is 0 Å². The summed E-state index contributed by atoms with van der Waals surface area (Å²) < 4.78 is 13.9. The maximum Gasteiger partial charge on any atom is 0.224 e. The number of nitrogens with zero attached hydrogens (tertiary/aromatic N) is 1. The van der Waals surface area contributed by atoms with Gasteiger partial charge in [0.15, 0.2) is 0 Å². The van der Waals surface area contributed by atoms with Crippen LogP contribution in [-0.4, -0.2) is 23.9 Å². The zero-order valence-corrected chi connectivity index (χ0v) is 19.0. The molecule has 1 N–H and O–H groups in total. The number of carbonyl (C=O) groups is 1. The van der Waals surface area contributed by atoms with Gasteiger partial charge in [-0.25, -0.2) is 4.39 Å². The smallest absolute Gasteiger partial charge is 0.224 e. The van der Waals surface area contributed by atoms with E-state index < -0.39 is 0 Å². The van der Waals surface area contributed by atoms with Crippen LogP contribution in [0.25, 0.3) is 0 Å². The van der Waals surface area contributed by atoms with E-state index in [9.17, 15) is 9.18 Å². The molecule has 0 radical (unpaired) electrons. The van der Waals surface area contributed by atoms with Gasteiger partial charge >= 0.3 is 0 Å². The first-order valence-corrected chi connectivity index (χ1v) is 11.4. The maximum absolute atomic E-state index is 13.9. The summed E-state index contributed by atoms with van der Waals surface area (Å²) in [5.41, 5.74) is 3.84. The molecule has 2 unspecified atom stereocenters. The second kappa shape index (κ2) is 10.3. The van der Waals surface area contributed by atoms with Gasteiger partial charge in [0.25, 0.3) is 0 Å². The quantitative estimate of drug-likeness (QED) is 0.521. The zero-order valence-electron chi connectivity index (χ0n) is 18.2. The van der Waals surface area contributed by atoms with E-state index >= 15 is 0 Å². The Morgan fingerprint density at radius 3 is 2.56 bits per heavy atom. The highest BCUT2D eigenvalue weighted by Gasteiger charge is 2.32. The minimum atomic E-state index is -0.199. The van der Waals surface area contributed by atoms with Crippen LogP contribution in [0, 0.1) is 18.7 Å². The molecule has 3 aromatic carbocycles. The molecular weight excluding hydrogens is 423 g/mol. The van der Waals surface area contributed by atoms with Crippen LogP contribution in [0.1, 0.15) is 34.6 Å². The van der Waals surface area contributed by atoms with Crippen LogP contribution < -0.4 is 5.32 Å². The van der Waals surface area contributed by atoms with Crippen LogP contribution in [-0.2, 0) is 17.9 Å². The third kappa shape index (κ3) is 5.56. The lowest BCUT2D eigenvalue weighted by atomic mass is 9.83. The molecule has 4 rings (SSSR count). The van der Waals surface area contributed by atoms with Crippen molar-refractivity contribution in [2.75, 3.05) is 13.1 Å². The van der Waals surface area contributed by atoms with E-state index in [-0.39, 0.29) is 23.6 Å². The number of likely N-dealkylation sites (tertiary alicyclic amines) is 1. The highest BCUT2D eigenvalue weighted by Crippen LogP contribution is 2.33. The van der Waals surface area contributed by atoms with Gasteiger partial charge in [-0.1, -0.05) is 72.3 Å². The summed E-state index contributed by atoms with van der Waals surface area (Å²) in [6, 6.07) is 23.1. The van der Waals surface area contributed by atoms with Crippen molar-refractivity contribution < 1.29 is 9.18 Å². The molecule has 1 amide bonds. The minimum Gasteiger partial charge on any atom is -0.352 e. The number of hydrogen-bond acceptors (Lipinski definition) is 2. The number of rotatable bonds is 6. The SMILES string of the molecule is Cc1cc(C2CC(C(=O)NCc3ccccc3)CN(Cc3ccccc3Cl)C2)ccc1F. The Hall–Kier alpha value is -2.69. The standard InChI is InChI=1S/C27H28ClFN2O/c1-19-13-21(11-12-26(19)29)23-14-24(27(32)30-15-20-7-3-2-4-8-20)18-31(17-23)16-22-9-5-6-10-25(22)28/h2-13,23-24H,14-18H2,1H3,(H,30,32). The van der Waals surface area contributed by atoms with Crippen LogP contribution >= 0.6 is 11.6 Å². The summed E-state index contributed by atoms with van der Waals surface area (Å²) in [6.45, 7) is 4.45. The highest BCUT2D eigenvalue weighted by atomic mass is 35.5. The van der Waals surface area contributed by atoms with E-state index in [4.69, 9.17) is 11.6 Å². The summed E-state index contributed by atoms with van der Waals surface area (Å²) in [5.74, 6) is -0.139. The predicted octanol–water partition coefficient (Wildman–Crippen LogP) is 5.71. The van der Waals surface area contributed by atoms with Crippen molar-refractivity contribution in [3.63, 3.8) is 0 Å². The number of benzene rings is 3. The van der Waals surface area contributed by atoms with Gasteiger partial charge in [0, 0.05) is 31.2 Å². The second-order valence-electron chi connectivity index (χ2n) is 8.63. The van der Waals surface area contributed by atoms with Crippen molar-refractivity contribution in [2.45, 2.75) is 32.4 Å². The number of hydrogen-bond donors (Lipinski definition) is 1. The third-order valence-corrected chi connectivity index (χ3v) is 6.58. The van der Waals surface area contributed by atoms with E-state index in [0.717, 1.165) is 34.7 Å². The molecule has 32 heavy (non-hydrogen) atoms. The third-order valence-electron chi connectivity index (χ3n) is 6.21. The lowest BCUT2D eigenvalue weighted by Gasteiger charge is -2.37. The van der Waals surface area contributed by atoms with Crippen LogP contribution in [0.2, 0.25) is 5.02 Å². The van der Waals surface area contributed by atoms with Crippen LogP contribution in [0.5, 0.6) is 0 Å². The molecule has 0 aliphatic carbocycles. The first-order valence-electron chi connectivity index (χ1n) is 11.0. The van der Waals surface area contributed by atoms with Gasteiger partial charge in [-0.15, -0.1) is 0 Å². The van der Waals surface area contributed by atoms with Crippen molar-refractivity contribution in [3.05, 3.63) is 106 Å². The predicted molar refractivity (Wildman–Crippen MR) is 127 cm³/mol. The summed E-state index contributed by atoms with van der Waals surface area (Å²) in [5, 5.41) is 3.84. The Morgan fingerprint density at radius 2 is 1.81 bits per heavy atom. The first-order chi connectivity index (χ1) is 15.5. The average molecular weight is 451 g/mol. The Balaban J connectivity index is 1.52. The molecule has 0 aromatic heterocycles. The molecule has 1 saturated heterocycles. The summed E-state index contributed by atoms with van der Waals surface area (Å²) >= 11 is 6.40. The van der Waals surface area contributed by atoms with Crippen molar-refractivity contribution in [1.82, 2.24) is 10.2 Å². The molecule has 166 valence electrons. The van der Waals surface area contributed by atoms with Gasteiger partial charge in [0.2, 0.25) is 5.91 Å². The zero-order chi connectivity index (χ0) is 22.5. The fraction of sp³-hybridized carbons (Fsp3) is 0.296. The Kier molecular flexibility index (Phi) is 7.23. The molecule has 0 spiro atoms. The number of amides is 1. The fourth-order valence-electron chi connectivity index (χ4n) is 4.47. The number of carbonyl (C=O) groups excluding carboxylic acids is 1. The van der Waals surface area contributed by atoms with Gasteiger partial charge < -0.3 is 5.32 Å². The van der Waals surface area contributed by atoms with Gasteiger partial charge in [-0.2, -0.15) is 0 Å². The number of piperidine rings is 1. The largest absolute Gasteiger partial charge is 0.352 e. The second-order valence-corrected chi connectivity index (χ2v) is 9.03. The van der Waals surface area contributed by atoms with E-state index in [2.05, 4.69) is 10.2 Å². The Labute approximate surface area is 194 Å². The molecule has 1 fully saturated rings. The average Bonchev–Trinajstić information content (AvgIpc) is 2.81. The summed E-state index contributed by atoms with van der Waals surface area (Å²) in [4.78, 5) is 15.4. The first kappa shape index (κ1) is 22.5. The van der Waals surface area contributed by atoms with Gasteiger partial charge in [0.1, 0.15) is 5.82 Å². The molecule has 1 aliphatic rings. The Morgan fingerprint density at radius 1 is 1.06 bits per heavy atom. The molecule has 2 atom stereocenters. The molecule has 3 nitrogen and oxygen atoms in total. The van der Waals surface area contributed by atoms with Gasteiger partial charge in [0.05, 0.1) is 5.92 Å². The minimum absolute atomic E-state index is 0.0570. The lowest BCUT2D eigenvalue weighted by Crippen LogP contribution is -2.45. The van der Waals surface area contributed by atoms with Crippen LogP contribution in [0.15, 0.2) is 72.8 Å². The molecule has 5 heteroatoms. The monoisotopic (exact) mass is 450 g/mol. The van der Waals surface area contributed by atoms with Crippen LogP contribution in [0.4, 0.5) is 4.39 Å². The molecule has 3 aromatic rings. The van der Waals surface area contributed by atoms with Crippen molar-refractivity contribution >= 4 is 17.5 Å². The number of halogens is 2. The lowest BCUT2D eigenvalue weighted by molar-refractivity contribution is -0.127. The van der Waals surface area contributed by atoms with Crippen molar-refractivity contribution in [1.29, 1.82) is 0 Å². The van der Waals surface area contributed by atoms with E-state index in [0.29, 0.717) is 25.2 Å². The topological polar surface area (TPSA) is 32.3 Å². The van der Waals surface area contributed by atoms with Crippen LogP contribution in [0.3, 0.4) is 0 Å². The van der Waals surface area contributed by atoms with Gasteiger partial charge in [-0.05, 0) is 53.6 Å². The highest BCUT2D eigenvalue weighted by molar-refractivity contribution is 6.31. The fourth-order valence-corrected chi connectivity index (χ4v) is 4.67. The normalized spacial score (nSPS) is 19.0. The summed E-state index contributed by atoms with van der Waals surface area (Å²) in [6.07, 6.45) is 0.741. The molecule has 1 aliphatic heterocycles. The van der Waals surface area contributed by atoms with E-state index in [1.165, 1.54) is 6.07 Å². The maximum atomic E-state index is 13.9. The van der Waals surface area contributed by atoms with E-state index in [1.807, 2.05) is 66.7 Å². The molecule has 0 bridgehead atoms. The van der Waals surface area contributed by atoms with Gasteiger partial charge in [-0.3, -0.25) is 9.69 Å². The summed E-state index contributed by atoms with van der Waals surface area (Å²) in [7, 11) is 0. The molecule has 0 saturated carbocycles.